The molecule has 1 heterocycles. The highest BCUT2D eigenvalue weighted by Gasteiger charge is 2.44. The fraction of sp³-hybridized carbons (Fsp3) is 0.400. The number of aliphatic hydroxyl groups excluding tert-OH is 1. The molecule has 94 valence electrons. The summed E-state index contributed by atoms with van der Waals surface area (Å²) in [5.41, 5.74) is 2.34. The zero-order chi connectivity index (χ0) is 12.7. The normalized spacial score (nSPS) is 23.9. The predicted octanol–water partition coefficient (Wildman–Crippen LogP) is 3.60. The quantitative estimate of drug-likeness (QED) is 0.913. The fourth-order valence-corrected chi connectivity index (χ4v) is 3.65. The summed E-state index contributed by atoms with van der Waals surface area (Å²) in [5, 5.41) is 11.5. The summed E-state index contributed by atoms with van der Waals surface area (Å²) >= 11 is 1.63. The summed E-state index contributed by atoms with van der Waals surface area (Å²) < 4.78 is 0. The summed E-state index contributed by atoms with van der Waals surface area (Å²) in [7, 11) is 0. The van der Waals surface area contributed by atoms with Crippen LogP contribution in [-0.2, 0) is 0 Å². The van der Waals surface area contributed by atoms with E-state index in [4.69, 9.17) is 0 Å². The number of nitrogens with zero attached hydrogens (tertiary/aromatic N) is 1. The van der Waals surface area contributed by atoms with Gasteiger partial charge in [0.1, 0.15) is 0 Å². The molecule has 1 aromatic carbocycles. The van der Waals surface area contributed by atoms with Gasteiger partial charge in [-0.1, -0.05) is 30.3 Å². The third kappa shape index (κ3) is 2.08. The highest BCUT2D eigenvalue weighted by Crippen LogP contribution is 2.54. The third-order valence-corrected chi connectivity index (χ3v) is 4.82. The molecule has 1 aliphatic rings. The summed E-state index contributed by atoms with van der Waals surface area (Å²) in [5.74, 6) is 0.883. The minimum atomic E-state index is -0.346. The van der Waals surface area contributed by atoms with Crippen molar-refractivity contribution in [2.24, 2.45) is 5.92 Å². The van der Waals surface area contributed by atoms with E-state index < -0.39 is 0 Å². The number of aromatic nitrogens is 1. The number of hydrogen-bond donors (Lipinski definition) is 1. The van der Waals surface area contributed by atoms with E-state index in [-0.39, 0.29) is 6.10 Å². The molecule has 0 radical (unpaired) electrons. The van der Waals surface area contributed by atoms with Gasteiger partial charge in [0.05, 0.1) is 21.7 Å². The second-order valence-electron chi connectivity index (χ2n) is 5.04. The van der Waals surface area contributed by atoms with Gasteiger partial charge < -0.3 is 5.11 Å². The fourth-order valence-electron chi connectivity index (χ4n) is 2.66. The van der Waals surface area contributed by atoms with Gasteiger partial charge in [-0.3, -0.25) is 0 Å². The lowest BCUT2D eigenvalue weighted by molar-refractivity contribution is 0.154. The summed E-state index contributed by atoms with van der Waals surface area (Å²) in [6.45, 7) is 3.98. The molecule has 1 fully saturated rings. The average Bonchev–Trinajstić information content (AvgIpc) is 3.10. The minimum absolute atomic E-state index is 0.346. The number of aliphatic hydroxyl groups is 1. The topological polar surface area (TPSA) is 33.1 Å². The van der Waals surface area contributed by atoms with E-state index >= 15 is 0 Å². The summed E-state index contributed by atoms with van der Waals surface area (Å²) in [6, 6.07) is 10.5. The molecule has 0 aliphatic heterocycles. The smallest absolute Gasteiger partial charge is 0.0934 e. The molecule has 18 heavy (non-hydrogen) atoms. The number of rotatable bonds is 3. The molecule has 1 aliphatic carbocycles. The van der Waals surface area contributed by atoms with Crippen molar-refractivity contribution in [2.75, 3.05) is 0 Å². The van der Waals surface area contributed by atoms with Crippen LogP contribution in [0.15, 0.2) is 30.3 Å². The van der Waals surface area contributed by atoms with E-state index in [0.29, 0.717) is 11.8 Å². The van der Waals surface area contributed by atoms with Crippen molar-refractivity contribution >= 4 is 11.3 Å². The standard InChI is InChI=1S/C15H17NOS/c1-9-15(18-10(2)16-9)14(17)13-8-12(13)11-6-4-3-5-7-11/h3-7,12-14,17H,8H2,1-2H3. The van der Waals surface area contributed by atoms with E-state index in [9.17, 15) is 5.11 Å². The zero-order valence-corrected chi connectivity index (χ0v) is 11.4. The van der Waals surface area contributed by atoms with E-state index in [2.05, 4.69) is 29.2 Å². The van der Waals surface area contributed by atoms with Crippen molar-refractivity contribution in [2.45, 2.75) is 32.3 Å². The molecule has 2 aromatic rings. The molecule has 1 saturated carbocycles. The van der Waals surface area contributed by atoms with Crippen LogP contribution >= 0.6 is 11.3 Å². The molecule has 3 heteroatoms. The van der Waals surface area contributed by atoms with Crippen LogP contribution in [0.25, 0.3) is 0 Å². The Bertz CT molecular complexity index is 549. The number of thiazole rings is 1. The Kier molecular flexibility index (Phi) is 2.96. The molecule has 0 bridgehead atoms. The Morgan fingerprint density at radius 1 is 1.28 bits per heavy atom. The Balaban J connectivity index is 1.77. The largest absolute Gasteiger partial charge is 0.387 e. The molecule has 3 unspecified atom stereocenters. The first kappa shape index (κ1) is 11.9. The Hall–Kier alpha value is -1.19. The summed E-state index contributed by atoms with van der Waals surface area (Å²) in [6.07, 6.45) is 0.739. The second-order valence-corrected chi connectivity index (χ2v) is 6.28. The first-order valence-electron chi connectivity index (χ1n) is 6.33. The van der Waals surface area contributed by atoms with Gasteiger partial charge in [0, 0.05) is 0 Å². The lowest BCUT2D eigenvalue weighted by atomic mass is 10.1. The Morgan fingerprint density at radius 2 is 2.00 bits per heavy atom. The molecule has 1 aromatic heterocycles. The van der Waals surface area contributed by atoms with Crippen molar-refractivity contribution in [1.29, 1.82) is 0 Å². The number of aryl methyl sites for hydroxylation is 2. The van der Waals surface area contributed by atoms with Gasteiger partial charge in [0.15, 0.2) is 0 Å². The molecular formula is C15H17NOS. The monoisotopic (exact) mass is 259 g/mol. The molecular weight excluding hydrogens is 242 g/mol. The van der Waals surface area contributed by atoms with Gasteiger partial charge in [-0.2, -0.15) is 0 Å². The van der Waals surface area contributed by atoms with Crippen LogP contribution < -0.4 is 0 Å². The Labute approximate surface area is 111 Å². The van der Waals surface area contributed by atoms with E-state index in [1.807, 2.05) is 19.9 Å². The van der Waals surface area contributed by atoms with Crippen LogP contribution in [0.2, 0.25) is 0 Å². The van der Waals surface area contributed by atoms with Crippen molar-refractivity contribution < 1.29 is 5.11 Å². The number of benzene rings is 1. The molecule has 2 nitrogen and oxygen atoms in total. The van der Waals surface area contributed by atoms with E-state index in [1.165, 1.54) is 5.56 Å². The summed E-state index contributed by atoms with van der Waals surface area (Å²) in [4.78, 5) is 5.45. The highest BCUT2D eigenvalue weighted by atomic mass is 32.1. The van der Waals surface area contributed by atoms with Gasteiger partial charge in [0.25, 0.3) is 0 Å². The average molecular weight is 259 g/mol. The minimum Gasteiger partial charge on any atom is -0.387 e. The molecule has 0 amide bonds. The van der Waals surface area contributed by atoms with Gasteiger partial charge >= 0.3 is 0 Å². The maximum atomic E-state index is 10.5. The number of hydrogen-bond acceptors (Lipinski definition) is 3. The SMILES string of the molecule is Cc1nc(C)c(C(O)C2CC2c2ccccc2)s1. The van der Waals surface area contributed by atoms with Crippen LogP contribution in [0.4, 0.5) is 0 Å². The van der Waals surface area contributed by atoms with Crippen LogP contribution in [0.5, 0.6) is 0 Å². The highest BCUT2D eigenvalue weighted by molar-refractivity contribution is 7.11. The third-order valence-electron chi connectivity index (χ3n) is 3.68. The Morgan fingerprint density at radius 3 is 2.61 bits per heavy atom. The van der Waals surface area contributed by atoms with Gasteiger partial charge in [-0.05, 0) is 37.7 Å². The molecule has 1 N–H and O–H groups in total. The van der Waals surface area contributed by atoms with E-state index in [0.717, 1.165) is 22.0 Å². The molecule has 0 saturated heterocycles. The first-order valence-corrected chi connectivity index (χ1v) is 7.15. The zero-order valence-electron chi connectivity index (χ0n) is 10.6. The van der Waals surface area contributed by atoms with Gasteiger partial charge in [-0.25, -0.2) is 4.98 Å². The van der Waals surface area contributed by atoms with Crippen LogP contribution in [0, 0.1) is 19.8 Å². The second kappa shape index (κ2) is 4.48. The van der Waals surface area contributed by atoms with Crippen molar-refractivity contribution in [3.63, 3.8) is 0 Å². The molecule has 3 rings (SSSR count). The molecule has 0 spiro atoms. The lowest BCUT2D eigenvalue weighted by Gasteiger charge is -2.09. The van der Waals surface area contributed by atoms with E-state index in [1.54, 1.807) is 11.3 Å². The first-order chi connectivity index (χ1) is 8.66. The van der Waals surface area contributed by atoms with Crippen molar-refractivity contribution in [3.05, 3.63) is 51.5 Å². The molecule has 3 atom stereocenters. The predicted molar refractivity (Wildman–Crippen MR) is 73.8 cm³/mol. The lowest BCUT2D eigenvalue weighted by Crippen LogP contribution is -2.01. The van der Waals surface area contributed by atoms with Gasteiger partial charge in [0.2, 0.25) is 0 Å². The van der Waals surface area contributed by atoms with Crippen LogP contribution in [0.3, 0.4) is 0 Å². The van der Waals surface area contributed by atoms with Crippen LogP contribution in [0.1, 0.15) is 39.6 Å². The maximum Gasteiger partial charge on any atom is 0.0934 e. The van der Waals surface area contributed by atoms with Crippen molar-refractivity contribution in [1.82, 2.24) is 4.98 Å². The maximum absolute atomic E-state index is 10.5. The van der Waals surface area contributed by atoms with Gasteiger partial charge in [-0.15, -0.1) is 11.3 Å². The van der Waals surface area contributed by atoms with Crippen LogP contribution in [-0.4, -0.2) is 10.1 Å². The van der Waals surface area contributed by atoms with Crippen molar-refractivity contribution in [3.8, 4) is 0 Å².